The third-order valence-corrected chi connectivity index (χ3v) is 3.57. The number of nitrogens with one attached hydrogen (secondary N) is 1. The second-order valence-corrected chi connectivity index (χ2v) is 4.89. The number of hydrogen-bond acceptors (Lipinski definition) is 1. The maximum Gasteiger partial charge on any atom is 0.00672 e. The van der Waals surface area contributed by atoms with Gasteiger partial charge in [-0.25, -0.2) is 0 Å². The van der Waals surface area contributed by atoms with Crippen LogP contribution in [0.3, 0.4) is 0 Å². The van der Waals surface area contributed by atoms with Crippen LogP contribution in [0.1, 0.15) is 58.3 Å². The summed E-state index contributed by atoms with van der Waals surface area (Å²) in [5.74, 6) is 1.02. The lowest BCUT2D eigenvalue weighted by Crippen LogP contribution is -2.29. The third-order valence-electron chi connectivity index (χ3n) is 3.57. The zero-order valence-corrected chi connectivity index (χ0v) is 10.3. The summed E-state index contributed by atoms with van der Waals surface area (Å²) in [6.45, 7) is 7.19. The summed E-state index contributed by atoms with van der Waals surface area (Å²) in [6.07, 6.45) is 13.0. The Kier molecular flexibility index (Phi) is 6.74. The van der Waals surface area contributed by atoms with Crippen LogP contribution in [-0.2, 0) is 0 Å². The van der Waals surface area contributed by atoms with Crippen molar-refractivity contribution < 1.29 is 0 Å². The SMILES string of the molecule is C=CCCNC1CCCC(CCC)CC1. The van der Waals surface area contributed by atoms with E-state index in [9.17, 15) is 0 Å². The zero-order valence-electron chi connectivity index (χ0n) is 10.3. The topological polar surface area (TPSA) is 12.0 Å². The molecule has 15 heavy (non-hydrogen) atoms. The molecule has 0 bridgehead atoms. The van der Waals surface area contributed by atoms with Crippen molar-refractivity contribution in [3.05, 3.63) is 12.7 Å². The van der Waals surface area contributed by atoms with Crippen LogP contribution in [0.5, 0.6) is 0 Å². The van der Waals surface area contributed by atoms with Crippen LogP contribution in [0.2, 0.25) is 0 Å². The van der Waals surface area contributed by atoms with E-state index in [2.05, 4.69) is 18.8 Å². The molecule has 1 aliphatic rings. The third kappa shape index (κ3) is 5.36. The minimum absolute atomic E-state index is 0.784. The first-order valence-electron chi connectivity index (χ1n) is 6.71. The summed E-state index contributed by atoms with van der Waals surface area (Å²) in [6, 6.07) is 0.784. The molecule has 1 N–H and O–H groups in total. The Balaban J connectivity index is 2.17. The van der Waals surface area contributed by atoms with E-state index in [0.717, 1.165) is 24.9 Å². The molecule has 0 aromatic rings. The first-order valence-corrected chi connectivity index (χ1v) is 6.71. The highest BCUT2D eigenvalue weighted by Crippen LogP contribution is 2.26. The number of rotatable bonds is 6. The molecule has 0 heterocycles. The van der Waals surface area contributed by atoms with Gasteiger partial charge in [0.05, 0.1) is 0 Å². The maximum atomic E-state index is 3.76. The molecule has 0 spiro atoms. The molecule has 0 aromatic heterocycles. The van der Waals surface area contributed by atoms with Crippen LogP contribution in [0.4, 0.5) is 0 Å². The predicted molar refractivity (Wildman–Crippen MR) is 68.1 cm³/mol. The van der Waals surface area contributed by atoms with Crippen LogP contribution in [0.15, 0.2) is 12.7 Å². The van der Waals surface area contributed by atoms with Crippen LogP contribution >= 0.6 is 0 Å². The van der Waals surface area contributed by atoms with Gasteiger partial charge in [0.1, 0.15) is 0 Å². The first-order chi connectivity index (χ1) is 7.36. The Morgan fingerprint density at radius 1 is 1.27 bits per heavy atom. The fourth-order valence-electron chi connectivity index (χ4n) is 2.67. The van der Waals surface area contributed by atoms with E-state index in [-0.39, 0.29) is 0 Å². The van der Waals surface area contributed by atoms with Crippen molar-refractivity contribution in [2.45, 2.75) is 64.3 Å². The molecule has 0 aliphatic heterocycles. The highest BCUT2D eigenvalue weighted by Gasteiger charge is 2.17. The molecular weight excluding hydrogens is 182 g/mol. The van der Waals surface area contributed by atoms with Gasteiger partial charge in [-0.05, 0) is 38.1 Å². The lowest BCUT2D eigenvalue weighted by atomic mass is 9.95. The fourth-order valence-corrected chi connectivity index (χ4v) is 2.67. The summed E-state index contributed by atoms with van der Waals surface area (Å²) in [5, 5.41) is 3.65. The van der Waals surface area contributed by atoms with E-state index in [1.807, 2.05) is 6.08 Å². The van der Waals surface area contributed by atoms with Gasteiger partial charge in [-0.1, -0.05) is 38.7 Å². The molecule has 88 valence electrons. The van der Waals surface area contributed by atoms with Crippen molar-refractivity contribution in [3.63, 3.8) is 0 Å². The van der Waals surface area contributed by atoms with E-state index >= 15 is 0 Å². The molecule has 2 unspecified atom stereocenters. The van der Waals surface area contributed by atoms with E-state index < -0.39 is 0 Å². The van der Waals surface area contributed by atoms with Gasteiger partial charge in [0, 0.05) is 6.04 Å². The van der Waals surface area contributed by atoms with Gasteiger partial charge in [-0.15, -0.1) is 6.58 Å². The highest BCUT2D eigenvalue weighted by molar-refractivity contribution is 4.76. The summed E-state index contributed by atoms with van der Waals surface area (Å²) in [5.41, 5.74) is 0. The molecule has 1 fully saturated rings. The zero-order chi connectivity index (χ0) is 10.9. The van der Waals surface area contributed by atoms with Gasteiger partial charge in [0.25, 0.3) is 0 Å². The molecule has 1 nitrogen and oxygen atoms in total. The summed E-state index contributed by atoms with van der Waals surface area (Å²) in [7, 11) is 0. The molecule has 1 rings (SSSR count). The molecule has 1 saturated carbocycles. The Labute approximate surface area is 95.3 Å². The predicted octanol–water partition coefficient (Wildman–Crippen LogP) is 3.90. The summed E-state index contributed by atoms with van der Waals surface area (Å²) >= 11 is 0. The van der Waals surface area contributed by atoms with Crippen molar-refractivity contribution in [3.8, 4) is 0 Å². The van der Waals surface area contributed by atoms with Gasteiger partial charge < -0.3 is 5.32 Å². The Morgan fingerprint density at radius 2 is 2.13 bits per heavy atom. The van der Waals surface area contributed by atoms with Crippen molar-refractivity contribution in [1.29, 1.82) is 0 Å². The van der Waals surface area contributed by atoms with Gasteiger partial charge in [0.2, 0.25) is 0 Å². The monoisotopic (exact) mass is 209 g/mol. The van der Waals surface area contributed by atoms with Crippen LogP contribution < -0.4 is 5.32 Å². The van der Waals surface area contributed by atoms with Crippen molar-refractivity contribution in [1.82, 2.24) is 5.32 Å². The Morgan fingerprint density at radius 3 is 2.87 bits per heavy atom. The minimum Gasteiger partial charge on any atom is -0.314 e. The largest absolute Gasteiger partial charge is 0.314 e. The fraction of sp³-hybridized carbons (Fsp3) is 0.857. The van der Waals surface area contributed by atoms with E-state index in [0.29, 0.717) is 0 Å². The van der Waals surface area contributed by atoms with Crippen molar-refractivity contribution in [2.75, 3.05) is 6.54 Å². The van der Waals surface area contributed by atoms with Gasteiger partial charge in [0.15, 0.2) is 0 Å². The van der Waals surface area contributed by atoms with Crippen LogP contribution in [-0.4, -0.2) is 12.6 Å². The minimum atomic E-state index is 0.784. The van der Waals surface area contributed by atoms with E-state index in [1.165, 1.54) is 44.9 Å². The van der Waals surface area contributed by atoms with Gasteiger partial charge >= 0.3 is 0 Å². The maximum absolute atomic E-state index is 3.76. The molecular formula is C14H27N. The molecule has 2 atom stereocenters. The molecule has 0 saturated heterocycles. The van der Waals surface area contributed by atoms with Crippen LogP contribution in [0.25, 0.3) is 0 Å². The molecule has 0 aromatic carbocycles. The lowest BCUT2D eigenvalue weighted by Gasteiger charge is -2.16. The Bertz CT molecular complexity index is 165. The molecule has 0 radical (unpaired) electrons. The molecule has 1 heteroatoms. The highest BCUT2D eigenvalue weighted by atomic mass is 14.9. The summed E-state index contributed by atoms with van der Waals surface area (Å²) < 4.78 is 0. The summed E-state index contributed by atoms with van der Waals surface area (Å²) in [4.78, 5) is 0. The van der Waals surface area contributed by atoms with E-state index in [4.69, 9.17) is 0 Å². The first kappa shape index (κ1) is 12.8. The normalized spacial score (nSPS) is 27.3. The lowest BCUT2D eigenvalue weighted by molar-refractivity contribution is 0.411. The van der Waals surface area contributed by atoms with Crippen LogP contribution in [0, 0.1) is 5.92 Å². The second kappa shape index (κ2) is 7.92. The molecule has 0 amide bonds. The number of hydrogen-bond donors (Lipinski definition) is 1. The van der Waals surface area contributed by atoms with E-state index in [1.54, 1.807) is 0 Å². The second-order valence-electron chi connectivity index (χ2n) is 4.89. The average molecular weight is 209 g/mol. The van der Waals surface area contributed by atoms with Crippen molar-refractivity contribution in [2.24, 2.45) is 5.92 Å². The van der Waals surface area contributed by atoms with Gasteiger partial charge in [-0.2, -0.15) is 0 Å². The standard InChI is InChI=1S/C14H27N/c1-3-5-12-15-14-9-6-8-13(7-4-2)10-11-14/h3,13-15H,1,4-12H2,2H3. The molecule has 1 aliphatic carbocycles. The van der Waals surface area contributed by atoms with Crippen molar-refractivity contribution >= 4 is 0 Å². The smallest absolute Gasteiger partial charge is 0.00672 e. The quantitative estimate of drug-likeness (QED) is 0.397. The van der Waals surface area contributed by atoms with Gasteiger partial charge in [-0.3, -0.25) is 0 Å². The average Bonchev–Trinajstić information content (AvgIpc) is 2.45. The Hall–Kier alpha value is -0.300.